The summed E-state index contributed by atoms with van der Waals surface area (Å²) >= 11 is 0. The molecule has 3 atom stereocenters. The van der Waals surface area contributed by atoms with Crippen LogP contribution in [0.25, 0.3) is 0 Å². The average molecular weight is 550 g/mol. The van der Waals surface area contributed by atoms with E-state index in [4.69, 9.17) is 11.2 Å². The van der Waals surface area contributed by atoms with E-state index < -0.39 is 41.7 Å². The van der Waals surface area contributed by atoms with Gasteiger partial charge in [0.15, 0.2) is 11.6 Å². The quantitative estimate of drug-likeness (QED) is 0.328. The summed E-state index contributed by atoms with van der Waals surface area (Å²) in [5.41, 5.74) is 0.0309. The largest absolute Gasteiger partial charge is 0.491 e. The Kier molecular flexibility index (Phi) is 10.7. The van der Waals surface area contributed by atoms with Crippen molar-refractivity contribution in [1.82, 2.24) is 16.0 Å². The number of nitrogens with one attached hydrogen (secondary N) is 3. The van der Waals surface area contributed by atoms with E-state index in [-0.39, 0.29) is 50.6 Å². The Hall–Kier alpha value is -3.62. The first-order valence-electron chi connectivity index (χ1n) is 12.6. The summed E-state index contributed by atoms with van der Waals surface area (Å²) in [6.45, 7) is 0.131. The van der Waals surface area contributed by atoms with Gasteiger partial charge in [-0.15, -0.1) is 12.3 Å². The van der Waals surface area contributed by atoms with E-state index in [0.29, 0.717) is 24.0 Å². The van der Waals surface area contributed by atoms with Crippen LogP contribution in [-0.2, 0) is 28.7 Å². The fourth-order valence-electron chi connectivity index (χ4n) is 4.14. The van der Waals surface area contributed by atoms with E-state index in [1.54, 1.807) is 6.07 Å². The molecule has 2 aliphatic heterocycles. The number of ether oxygens (including phenoxy) is 1. The van der Waals surface area contributed by atoms with E-state index in [1.165, 1.54) is 24.3 Å². The van der Waals surface area contributed by atoms with Crippen LogP contribution in [0, 0.1) is 18.2 Å². The van der Waals surface area contributed by atoms with E-state index in [1.807, 2.05) is 0 Å². The van der Waals surface area contributed by atoms with Crippen LogP contribution >= 0.6 is 0 Å². The van der Waals surface area contributed by atoms with Gasteiger partial charge in [0.25, 0.3) is 0 Å². The smallest absolute Gasteiger partial charge is 0.416 e. The standard InChI is InChI=1S/C28H31F4N3O4/c1-2-6-22-27(38)35-23(24(36)17-33-16-19-7-5-8-20(13-19)28(30,31)32)15-18-10-11-25(21(29)14-18)39-12-4-3-9-26(37)34-22/h1,5,7-8,10-11,13-14,22-24,33,36H,3-4,6,9,12,15-17H2,(H,34,37)(H,35,38). The molecule has 2 bridgehead atoms. The van der Waals surface area contributed by atoms with Crippen LogP contribution < -0.4 is 20.7 Å². The molecular formula is C28H31F4N3O4. The number of aliphatic hydroxyl groups is 1. The van der Waals surface area contributed by atoms with Crippen molar-refractivity contribution >= 4 is 11.8 Å². The van der Waals surface area contributed by atoms with Gasteiger partial charge in [0, 0.05) is 25.9 Å². The second kappa shape index (κ2) is 14.0. The van der Waals surface area contributed by atoms with E-state index in [0.717, 1.165) is 12.1 Å². The molecule has 2 amide bonds. The molecule has 4 rings (SSSR count). The maximum atomic E-state index is 14.6. The van der Waals surface area contributed by atoms with Crippen molar-refractivity contribution in [1.29, 1.82) is 0 Å². The topological polar surface area (TPSA) is 99.7 Å². The molecule has 3 unspecified atom stereocenters. The predicted molar refractivity (Wildman–Crippen MR) is 136 cm³/mol. The molecule has 11 heteroatoms. The third-order valence-electron chi connectivity index (χ3n) is 6.21. The van der Waals surface area contributed by atoms with Gasteiger partial charge in [-0.3, -0.25) is 9.59 Å². The summed E-state index contributed by atoms with van der Waals surface area (Å²) in [6, 6.07) is 7.13. The van der Waals surface area contributed by atoms with Gasteiger partial charge in [0.05, 0.1) is 24.3 Å². The molecule has 2 aliphatic rings. The van der Waals surface area contributed by atoms with Gasteiger partial charge in [0.1, 0.15) is 6.04 Å². The molecule has 0 radical (unpaired) electrons. The zero-order chi connectivity index (χ0) is 28.4. The number of terminal acetylenes is 1. The summed E-state index contributed by atoms with van der Waals surface area (Å²) in [7, 11) is 0. The maximum absolute atomic E-state index is 14.6. The van der Waals surface area contributed by atoms with Gasteiger partial charge in [-0.05, 0) is 48.6 Å². The molecule has 0 spiro atoms. The lowest BCUT2D eigenvalue weighted by Crippen LogP contribution is -2.54. The molecular weight excluding hydrogens is 518 g/mol. The lowest BCUT2D eigenvalue weighted by atomic mass is 9.99. The van der Waals surface area contributed by atoms with Crippen LogP contribution in [0.3, 0.4) is 0 Å². The first-order chi connectivity index (χ1) is 18.6. The van der Waals surface area contributed by atoms with E-state index in [2.05, 4.69) is 21.9 Å². The van der Waals surface area contributed by atoms with Crippen molar-refractivity contribution in [2.24, 2.45) is 0 Å². The van der Waals surface area contributed by atoms with Gasteiger partial charge in [-0.1, -0.05) is 24.3 Å². The number of aliphatic hydroxyl groups excluding tert-OH is 1. The van der Waals surface area contributed by atoms with Gasteiger partial charge in [-0.2, -0.15) is 13.2 Å². The Morgan fingerprint density at radius 3 is 2.67 bits per heavy atom. The molecule has 2 aromatic carbocycles. The Morgan fingerprint density at radius 2 is 1.95 bits per heavy atom. The molecule has 2 aromatic rings. The summed E-state index contributed by atoms with van der Waals surface area (Å²) in [5.74, 6) is 0.801. The molecule has 2 heterocycles. The minimum absolute atomic E-state index is 0.0199. The van der Waals surface area contributed by atoms with Crippen molar-refractivity contribution in [3.8, 4) is 18.1 Å². The number of fused-ring (bicyclic) bond motifs is 13. The highest BCUT2D eigenvalue weighted by Crippen LogP contribution is 2.29. The molecule has 0 saturated carbocycles. The highest BCUT2D eigenvalue weighted by Gasteiger charge is 2.30. The van der Waals surface area contributed by atoms with Crippen LogP contribution in [0.5, 0.6) is 5.75 Å². The van der Waals surface area contributed by atoms with Crippen LogP contribution in [0.4, 0.5) is 17.6 Å². The third kappa shape index (κ3) is 9.26. The van der Waals surface area contributed by atoms with E-state index in [9.17, 15) is 32.3 Å². The number of alkyl halides is 3. The number of carbonyl (C=O) groups is 2. The number of benzene rings is 2. The first-order valence-corrected chi connectivity index (χ1v) is 12.6. The van der Waals surface area contributed by atoms with Crippen LogP contribution in [0.2, 0.25) is 0 Å². The van der Waals surface area contributed by atoms with Gasteiger partial charge >= 0.3 is 6.18 Å². The Morgan fingerprint density at radius 1 is 1.15 bits per heavy atom. The lowest BCUT2D eigenvalue weighted by molar-refractivity contribution is -0.137. The fraction of sp³-hybridized carbons (Fsp3) is 0.429. The number of halogens is 4. The highest BCUT2D eigenvalue weighted by atomic mass is 19.4. The minimum Gasteiger partial charge on any atom is -0.491 e. The average Bonchev–Trinajstić information content (AvgIpc) is 2.88. The number of carbonyl (C=O) groups excluding carboxylic acids is 2. The SMILES string of the molecule is C#CCC1NC(=O)CCCCOc2ccc(cc2F)CC(C(O)CNCc2cccc(C(F)(F)F)c2)NC1=O. The Labute approximate surface area is 224 Å². The fourth-order valence-corrected chi connectivity index (χ4v) is 4.14. The zero-order valence-electron chi connectivity index (χ0n) is 21.2. The monoisotopic (exact) mass is 549 g/mol. The van der Waals surface area contributed by atoms with Gasteiger partial charge < -0.3 is 25.8 Å². The summed E-state index contributed by atoms with van der Waals surface area (Å²) in [6.07, 6.45) is 0.695. The minimum atomic E-state index is -4.48. The predicted octanol–water partition coefficient (Wildman–Crippen LogP) is 3.09. The van der Waals surface area contributed by atoms with Crippen molar-refractivity contribution in [3.05, 3.63) is 65.0 Å². The molecule has 0 aliphatic carbocycles. The third-order valence-corrected chi connectivity index (χ3v) is 6.21. The highest BCUT2D eigenvalue weighted by molar-refractivity contribution is 5.88. The summed E-state index contributed by atoms with van der Waals surface area (Å²) in [4.78, 5) is 25.4. The van der Waals surface area contributed by atoms with Crippen molar-refractivity contribution < 1.29 is 37.0 Å². The number of rotatable bonds is 6. The Bertz CT molecular complexity index is 1180. The van der Waals surface area contributed by atoms with Crippen LogP contribution in [-0.4, -0.2) is 48.3 Å². The molecule has 210 valence electrons. The summed E-state index contributed by atoms with van der Waals surface area (Å²) < 4.78 is 59.1. The molecule has 0 fully saturated rings. The number of hydrogen-bond acceptors (Lipinski definition) is 5. The zero-order valence-corrected chi connectivity index (χ0v) is 21.2. The molecule has 7 nitrogen and oxygen atoms in total. The molecule has 39 heavy (non-hydrogen) atoms. The molecule has 0 aromatic heterocycles. The van der Waals surface area contributed by atoms with E-state index >= 15 is 0 Å². The Balaban J connectivity index is 1.77. The van der Waals surface area contributed by atoms with Crippen molar-refractivity contribution in [2.75, 3.05) is 13.2 Å². The van der Waals surface area contributed by atoms with Gasteiger partial charge in [-0.25, -0.2) is 4.39 Å². The van der Waals surface area contributed by atoms with Crippen molar-refractivity contribution in [2.45, 2.75) is 63.0 Å². The number of hydrogen-bond donors (Lipinski definition) is 4. The van der Waals surface area contributed by atoms with Gasteiger partial charge in [0.2, 0.25) is 11.8 Å². The second-order valence-corrected chi connectivity index (χ2v) is 9.31. The normalized spacial score (nSPS) is 19.9. The number of amides is 2. The first kappa shape index (κ1) is 29.9. The molecule has 0 saturated heterocycles. The second-order valence-electron chi connectivity index (χ2n) is 9.31. The van der Waals surface area contributed by atoms with Crippen molar-refractivity contribution in [3.63, 3.8) is 0 Å². The summed E-state index contributed by atoms with van der Waals surface area (Å²) in [5, 5.41) is 19.1. The van der Waals surface area contributed by atoms with Crippen LogP contribution in [0.15, 0.2) is 42.5 Å². The van der Waals surface area contributed by atoms with Crippen LogP contribution in [0.1, 0.15) is 42.4 Å². The molecule has 4 N–H and O–H groups in total. The lowest BCUT2D eigenvalue weighted by Gasteiger charge is -2.27. The maximum Gasteiger partial charge on any atom is 0.416 e.